The number of hydrogen-bond acceptors (Lipinski definition) is 2. The Kier molecular flexibility index (Phi) is 5.78. The third-order valence-electron chi connectivity index (χ3n) is 1.86. The van der Waals surface area contributed by atoms with E-state index in [4.69, 9.17) is 11.5 Å². The van der Waals surface area contributed by atoms with Crippen molar-refractivity contribution in [1.82, 2.24) is 0 Å². The zero-order valence-electron chi connectivity index (χ0n) is 8.66. The molecule has 0 saturated carbocycles. The van der Waals surface area contributed by atoms with Gasteiger partial charge in [0.2, 0.25) is 11.8 Å². The highest BCUT2D eigenvalue weighted by atomic mass is 16.2. The molecule has 0 aromatic carbocycles. The lowest BCUT2D eigenvalue weighted by atomic mass is 9.98. The van der Waals surface area contributed by atoms with Gasteiger partial charge in [-0.25, -0.2) is 0 Å². The number of rotatable bonds is 7. The average Bonchev–Trinajstić information content (AvgIpc) is 2.13. The van der Waals surface area contributed by atoms with Crippen LogP contribution in [0.15, 0.2) is 36.5 Å². The van der Waals surface area contributed by atoms with E-state index < -0.39 is 11.8 Å². The fourth-order valence-corrected chi connectivity index (χ4v) is 1.24. The minimum absolute atomic E-state index is 0.133. The molecule has 82 valence electrons. The molecule has 0 radical (unpaired) electrons. The Morgan fingerprint density at radius 2 is 1.53 bits per heavy atom. The molecule has 2 amide bonds. The molecule has 0 saturated heterocycles. The summed E-state index contributed by atoms with van der Waals surface area (Å²) in [5, 5.41) is 0. The van der Waals surface area contributed by atoms with Gasteiger partial charge in [0.1, 0.15) is 0 Å². The molecule has 4 N–H and O–H groups in total. The van der Waals surface area contributed by atoms with Crippen LogP contribution in [0.2, 0.25) is 0 Å². The van der Waals surface area contributed by atoms with Gasteiger partial charge in [0.25, 0.3) is 0 Å². The van der Waals surface area contributed by atoms with Crippen molar-refractivity contribution in [3.8, 4) is 0 Å². The zero-order chi connectivity index (χ0) is 11.8. The summed E-state index contributed by atoms with van der Waals surface area (Å²) in [6.07, 6.45) is 4.15. The van der Waals surface area contributed by atoms with Gasteiger partial charge in [-0.2, -0.15) is 0 Å². The number of amides is 2. The van der Waals surface area contributed by atoms with Gasteiger partial charge >= 0.3 is 0 Å². The second-order valence-electron chi connectivity index (χ2n) is 3.08. The van der Waals surface area contributed by atoms with Gasteiger partial charge in [-0.3, -0.25) is 9.59 Å². The maximum atomic E-state index is 11.1. The maximum absolute atomic E-state index is 11.1. The van der Waals surface area contributed by atoms with Crippen molar-refractivity contribution in [2.75, 3.05) is 0 Å². The molecule has 0 aliphatic rings. The Morgan fingerprint density at radius 3 is 1.80 bits per heavy atom. The van der Waals surface area contributed by atoms with E-state index in [1.54, 1.807) is 12.2 Å². The molecule has 0 aromatic rings. The molecule has 4 nitrogen and oxygen atoms in total. The Morgan fingerprint density at radius 1 is 1.07 bits per heavy atom. The van der Waals surface area contributed by atoms with Crippen molar-refractivity contribution in [3.63, 3.8) is 0 Å². The fourth-order valence-electron chi connectivity index (χ4n) is 1.24. The van der Waals surface area contributed by atoms with Crippen LogP contribution >= 0.6 is 0 Å². The van der Waals surface area contributed by atoms with Crippen molar-refractivity contribution < 1.29 is 9.59 Å². The first-order valence-electron chi connectivity index (χ1n) is 4.53. The lowest BCUT2D eigenvalue weighted by Gasteiger charge is -2.08. The Bertz CT molecular complexity index is 305. The van der Waals surface area contributed by atoms with E-state index >= 15 is 0 Å². The maximum Gasteiger partial charge on any atom is 0.245 e. The van der Waals surface area contributed by atoms with E-state index in [9.17, 15) is 9.59 Å². The summed E-state index contributed by atoms with van der Waals surface area (Å²) in [4.78, 5) is 21.9. The standard InChI is InChI=1S/C11H16N2O2/c1-3-5-8(6-4-2)9(11(13)15)7-10(12)14/h3-4H,1-2,5-7H2,(H2,12,14)(H2,13,15). The number of carbonyl (C=O) groups is 2. The Balaban J connectivity index is 5.11. The lowest BCUT2D eigenvalue weighted by Crippen LogP contribution is -2.22. The van der Waals surface area contributed by atoms with Crippen LogP contribution in [0.5, 0.6) is 0 Å². The number of carbonyl (C=O) groups excluding carboxylic acids is 2. The van der Waals surface area contributed by atoms with Gasteiger partial charge in [0.05, 0.1) is 6.42 Å². The van der Waals surface area contributed by atoms with Crippen LogP contribution in [0.3, 0.4) is 0 Å². The molecule has 0 spiro atoms. The van der Waals surface area contributed by atoms with E-state index in [1.165, 1.54) is 0 Å². The summed E-state index contributed by atoms with van der Waals surface area (Å²) in [5.74, 6) is -1.19. The molecule has 0 aliphatic heterocycles. The molecule has 0 heterocycles. The van der Waals surface area contributed by atoms with Gasteiger partial charge < -0.3 is 11.5 Å². The first-order valence-corrected chi connectivity index (χ1v) is 4.53. The summed E-state index contributed by atoms with van der Waals surface area (Å²) >= 11 is 0. The smallest absolute Gasteiger partial charge is 0.245 e. The van der Waals surface area contributed by atoms with Gasteiger partial charge in [0.15, 0.2) is 0 Å². The largest absolute Gasteiger partial charge is 0.369 e. The van der Waals surface area contributed by atoms with Gasteiger partial charge in [-0.15, -0.1) is 13.2 Å². The topological polar surface area (TPSA) is 86.2 Å². The minimum atomic E-state index is -0.618. The normalized spacial score (nSPS) is 9.07. The summed E-state index contributed by atoms with van der Waals surface area (Å²) < 4.78 is 0. The molecule has 0 aliphatic carbocycles. The SMILES string of the molecule is C=CCC(CC=C)=C(CC(N)=O)C(N)=O. The van der Waals surface area contributed by atoms with Crippen LogP contribution in [0.25, 0.3) is 0 Å². The van der Waals surface area contributed by atoms with Gasteiger partial charge in [-0.05, 0) is 12.8 Å². The predicted molar refractivity (Wildman–Crippen MR) is 59.7 cm³/mol. The molecular weight excluding hydrogens is 192 g/mol. The molecule has 0 atom stereocenters. The van der Waals surface area contributed by atoms with E-state index in [0.717, 1.165) is 5.57 Å². The number of hydrogen-bond donors (Lipinski definition) is 2. The first kappa shape index (κ1) is 13.2. The minimum Gasteiger partial charge on any atom is -0.369 e. The highest BCUT2D eigenvalue weighted by Crippen LogP contribution is 2.17. The second kappa shape index (κ2) is 6.59. The van der Waals surface area contributed by atoms with Crippen molar-refractivity contribution in [2.45, 2.75) is 19.3 Å². The molecule has 0 fully saturated rings. The monoisotopic (exact) mass is 208 g/mol. The fraction of sp³-hybridized carbons (Fsp3) is 0.273. The van der Waals surface area contributed by atoms with Crippen LogP contribution < -0.4 is 11.5 Å². The Labute approximate surface area is 89.3 Å². The van der Waals surface area contributed by atoms with Crippen molar-refractivity contribution >= 4 is 11.8 Å². The summed E-state index contributed by atoms with van der Waals surface area (Å²) in [7, 11) is 0. The summed E-state index contributed by atoms with van der Waals surface area (Å²) in [6.45, 7) is 7.13. The van der Waals surface area contributed by atoms with Crippen molar-refractivity contribution in [3.05, 3.63) is 36.5 Å². The van der Waals surface area contributed by atoms with Crippen LogP contribution in [0.1, 0.15) is 19.3 Å². The van der Waals surface area contributed by atoms with Crippen LogP contribution in [-0.2, 0) is 9.59 Å². The average molecular weight is 208 g/mol. The predicted octanol–water partition coefficient (Wildman–Crippen LogP) is 0.796. The molecule has 0 bridgehead atoms. The third-order valence-corrected chi connectivity index (χ3v) is 1.86. The van der Waals surface area contributed by atoms with E-state index in [1.807, 2.05) is 0 Å². The Hall–Kier alpha value is -1.84. The van der Waals surface area contributed by atoms with Gasteiger partial charge in [0, 0.05) is 5.57 Å². The van der Waals surface area contributed by atoms with Crippen LogP contribution in [-0.4, -0.2) is 11.8 Å². The van der Waals surface area contributed by atoms with Crippen molar-refractivity contribution in [2.24, 2.45) is 11.5 Å². The molecule has 0 unspecified atom stereocenters. The van der Waals surface area contributed by atoms with Crippen LogP contribution in [0.4, 0.5) is 0 Å². The van der Waals surface area contributed by atoms with Crippen molar-refractivity contribution in [1.29, 1.82) is 0 Å². The summed E-state index contributed by atoms with van der Waals surface area (Å²) in [6, 6.07) is 0. The first-order chi connectivity index (χ1) is 7.02. The lowest BCUT2D eigenvalue weighted by molar-refractivity contribution is -0.120. The zero-order valence-corrected chi connectivity index (χ0v) is 8.66. The molecule has 0 aromatic heterocycles. The third kappa shape index (κ3) is 4.81. The molecule has 15 heavy (non-hydrogen) atoms. The number of allylic oxidation sites excluding steroid dienone is 3. The summed E-state index contributed by atoms with van der Waals surface area (Å²) in [5.41, 5.74) is 11.2. The number of nitrogens with two attached hydrogens (primary N) is 2. The van der Waals surface area contributed by atoms with Gasteiger partial charge in [-0.1, -0.05) is 17.7 Å². The quantitative estimate of drug-likeness (QED) is 0.479. The van der Waals surface area contributed by atoms with Crippen LogP contribution in [0, 0.1) is 0 Å². The molecular formula is C11H16N2O2. The van der Waals surface area contributed by atoms with E-state index in [2.05, 4.69) is 13.2 Å². The highest BCUT2D eigenvalue weighted by Gasteiger charge is 2.13. The highest BCUT2D eigenvalue weighted by molar-refractivity contribution is 5.98. The molecule has 0 rings (SSSR count). The second-order valence-corrected chi connectivity index (χ2v) is 3.08. The van der Waals surface area contributed by atoms with E-state index in [-0.39, 0.29) is 12.0 Å². The number of primary amides is 2. The molecule has 4 heteroatoms. The van der Waals surface area contributed by atoms with E-state index in [0.29, 0.717) is 12.8 Å².